The average molecular weight is 228 g/mol. The molecular weight excluding hydrogens is 212 g/mol. The summed E-state index contributed by atoms with van der Waals surface area (Å²) < 4.78 is 1.89. The minimum Gasteiger partial charge on any atom is -0.391 e. The van der Waals surface area contributed by atoms with Crippen LogP contribution in [0.4, 0.5) is 0 Å². The molecule has 1 heterocycles. The Morgan fingerprint density at radius 1 is 1.53 bits per heavy atom. The van der Waals surface area contributed by atoms with Crippen molar-refractivity contribution in [2.45, 2.75) is 32.9 Å². The lowest BCUT2D eigenvalue weighted by atomic mass is 9.95. The molecule has 0 radical (unpaired) electrons. The monoisotopic (exact) mass is 228 g/mol. The zero-order chi connectivity index (χ0) is 12.0. The highest BCUT2D eigenvalue weighted by Gasteiger charge is 2.17. The highest BCUT2D eigenvalue weighted by molar-refractivity contribution is 5.85. The second-order valence-electron chi connectivity index (χ2n) is 4.80. The van der Waals surface area contributed by atoms with Gasteiger partial charge in [0.25, 0.3) is 0 Å². The lowest BCUT2D eigenvalue weighted by molar-refractivity contribution is 0.167. The maximum atomic E-state index is 9.46. The minimum absolute atomic E-state index is 0.367. The highest BCUT2D eigenvalue weighted by atomic mass is 16.3. The standard InChI is InChI=1S/C14H16N2O/c1-9-4-3-5-11-12(9)6-14-13(11)7-15-16(14)8-10(2)17/h3-4,6-7,10,17H,5,8H2,1-2H3/t10-/m0/s1. The summed E-state index contributed by atoms with van der Waals surface area (Å²) in [4.78, 5) is 0. The number of aliphatic hydroxyl groups is 1. The smallest absolute Gasteiger partial charge is 0.0708 e. The molecule has 0 saturated heterocycles. The fourth-order valence-corrected chi connectivity index (χ4v) is 2.56. The van der Waals surface area contributed by atoms with Gasteiger partial charge in [-0.25, -0.2) is 0 Å². The molecular formula is C14H16N2O. The van der Waals surface area contributed by atoms with Crippen molar-refractivity contribution in [1.82, 2.24) is 9.78 Å². The van der Waals surface area contributed by atoms with Gasteiger partial charge in [-0.05, 0) is 43.1 Å². The quantitative estimate of drug-likeness (QED) is 0.800. The van der Waals surface area contributed by atoms with Crippen LogP contribution in [0.25, 0.3) is 11.6 Å². The van der Waals surface area contributed by atoms with Crippen molar-refractivity contribution in [2.24, 2.45) is 0 Å². The maximum absolute atomic E-state index is 9.46. The Balaban J connectivity index is 2.20. The zero-order valence-electron chi connectivity index (χ0n) is 10.1. The number of hydrogen-bond acceptors (Lipinski definition) is 2. The van der Waals surface area contributed by atoms with E-state index in [0.717, 1.165) is 11.8 Å². The zero-order valence-corrected chi connectivity index (χ0v) is 10.1. The lowest BCUT2D eigenvalue weighted by Gasteiger charge is -2.10. The van der Waals surface area contributed by atoms with Gasteiger partial charge >= 0.3 is 0 Å². The van der Waals surface area contributed by atoms with Crippen LogP contribution < -0.4 is 10.6 Å². The van der Waals surface area contributed by atoms with E-state index in [4.69, 9.17) is 0 Å². The third-order valence-electron chi connectivity index (χ3n) is 3.36. The summed E-state index contributed by atoms with van der Waals surface area (Å²) >= 11 is 0. The van der Waals surface area contributed by atoms with Crippen molar-refractivity contribution in [3.05, 3.63) is 40.1 Å². The van der Waals surface area contributed by atoms with E-state index in [1.807, 2.05) is 10.9 Å². The van der Waals surface area contributed by atoms with Crippen molar-refractivity contribution in [3.8, 4) is 0 Å². The Kier molecular flexibility index (Phi) is 2.30. The molecule has 0 amide bonds. The number of aromatic nitrogens is 2. The second-order valence-corrected chi connectivity index (χ2v) is 4.80. The van der Waals surface area contributed by atoms with E-state index in [0.29, 0.717) is 6.54 Å². The fourth-order valence-electron chi connectivity index (χ4n) is 2.56. The molecule has 2 aliphatic carbocycles. The number of nitrogens with zero attached hydrogens (tertiary/aromatic N) is 2. The topological polar surface area (TPSA) is 38.0 Å². The molecule has 0 aliphatic heterocycles. The molecule has 2 aliphatic rings. The van der Waals surface area contributed by atoms with Gasteiger partial charge in [0.2, 0.25) is 0 Å². The molecule has 3 rings (SSSR count). The first kappa shape index (κ1) is 10.5. The molecule has 0 spiro atoms. The molecule has 3 nitrogen and oxygen atoms in total. The summed E-state index contributed by atoms with van der Waals surface area (Å²) in [5.74, 6) is 0. The van der Waals surface area contributed by atoms with Gasteiger partial charge in [-0.3, -0.25) is 4.68 Å². The molecule has 88 valence electrons. The lowest BCUT2D eigenvalue weighted by Crippen LogP contribution is -2.30. The Morgan fingerprint density at radius 3 is 3.12 bits per heavy atom. The van der Waals surface area contributed by atoms with Gasteiger partial charge in [0.05, 0.1) is 24.2 Å². The third kappa shape index (κ3) is 1.58. The minimum atomic E-state index is -0.367. The van der Waals surface area contributed by atoms with Crippen LogP contribution in [0.2, 0.25) is 0 Å². The van der Waals surface area contributed by atoms with E-state index >= 15 is 0 Å². The van der Waals surface area contributed by atoms with Crippen molar-refractivity contribution >= 4 is 11.6 Å². The molecule has 3 heteroatoms. The van der Waals surface area contributed by atoms with Crippen LogP contribution >= 0.6 is 0 Å². The first-order valence-corrected chi connectivity index (χ1v) is 5.99. The molecule has 1 N–H and O–H groups in total. The summed E-state index contributed by atoms with van der Waals surface area (Å²) in [6, 6.07) is 0. The van der Waals surface area contributed by atoms with E-state index in [1.165, 1.54) is 21.9 Å². The van der Waals surface area contributed by atoms with E-state index in [2.05, 4.69) is 30.3 Å². The molecule has 1 aromatic heterocycles. The molecule has 1 atom stereocenters. The van der Waals surface area contributed by atoms with Gasteiger partial charge in [-0.1, -0.05) is 12.2 Å². The van der Waals surface area contributed by atoms with Crippen molar-refractivity contribution in [1.29, 1.82) is 0 Å². The summed E-state index contributed by atoms with van der Waals surface area (Å²) in [7, 11) is 0. The Hall–Kier alpha value is -1.61. The Labute approximate surface area is 100 Å². The largest absolute Gasteiger partial charge is 0.391 e. The van der Waals surface area contributed by atoms with Crippen LogP contribution in [0.1, 0.15) is 20.3 Å². The SMILES string of the molecule is CC1=C2C=c3c(cnn3C[C@H](C)O)=C2CC=C1. The predicted octanol–water partition coefficient (Wildman–Crippen LogP) is 0.485. The van der Waals surface area contributed by atoms with Crippen LogP contribution in [0, 0.1) is 0 Å². The molecule has 0 aromatic carbocycles. The van der Waals surface area contributed by atoms with E-state index in [9.17, 15) is 5.11 Å². The van der Waals surface area contributed by atoms with Crippen molar-refractivity contribution < 1.29 is 5.11 Å². The predicted molar refractivity (Wildman–Crippen MR) is 67.5 cm³/mol. The molecule has 0 saturated carbocycles. The van der Waals surface area contributed by atoms with Gasteiger partial charge in [0, 0.05) is 5.22 Å². The van der Waals surface area contributed by atoms with Gasteiger partial charge in [-0.15, -0.1) is 0 Å². The number of allylic oxidation sites excluding steroid dienone is 4. The van der Waals surface area contributed by atoms with Crippen LogP contribution in [0.5, 0.6) is 0 Å². The third-order valence-corrected chi connectivity index (χ3v) is 3.36. The van der Waals surface area contributed by atoms with Gasteiger partial charge in [-0.2, -0.15) is 5.10 Å². The summed E-state index contributed by atoms with van der Waals surface area (Å²) in [6.07, 6.45) is 9.10. The van der Waals surface area contributed by atoms with Gasteiger partial charge < -0.3 is 5.11 Å². The Morgan fingerprint density at radius 2 is 2.35 bits per heavy atom. The number of rotatable bonds is 2. The van der Waals surface area contributed by atoms with E-state index in [1.54, 1.807) is 6.92 Å². The maximum Gasteiger partial charge on any atom is 0.0708 e. The molecule has 0 fully saturated rings. The number of hydrogen-bond donors (Lipinski definition) is 1. The fraction of sp³-hybridized carbons (Fsp3) is 0.357. The van der Waals surface area contributed by atoms with Crippen LogP contribution in [0.3, 0.4) is 0 Å². The normalized spacial score (nSPS) is 19.1. The number of fused-ring (bicyclic) bond motifs is 2. The average Bonchev–Trinajstić information content (AvgIpc) is 2.80. The summed E-state index contributed by atoms with van der Waals surface area (Å²) in [5, 5.41) is 16.2. The summed E-state index contributed by atoms with van der Waals surface area (Å²) in [6.45, 7) is 4.48. The van der Waals surface area contributed by atoms with Crippen LogP contribution in [0.15, 0.2) is 29.5 Å². The molecule has 0 unspecified atom stereocenters. The molecule has 17 heavy (non-hydrogen) atoms. The first-order valence-electron chi connectivity index (χ1n) is 5.99. The van der Waals surface area contributed by atoms with Gasteiger partial charge in [0.1, 0.15) is 0 Å². The first-order chi connectivity index (χ1) is 8.16. The van der Waals surface area contributed by atoms with Crippen LogP contribution in [-0.2, 0) is 6.54 Å². The summed E-state index contributed by atoms with van der Waals surface area (Å²) in [5.41, 5.74) is 4.02. The highest BCUT2D eigenvalue weighted by Crippen LogP contribution is 2.27. The van der Waals surface area contributed by atoms with E-state index in [-0.39, 0.29) is 6.10 Å². The second kappa shape index (κ2) is 3.70. The Bertz CT molecular complexity index is 644. The van der Waals surface area contributed by atoms with Crippen molar-refractivity contribution in [2.75, 3.05) is 0 Å². The van der Waals surface area contributed by atoms with Crippen molar-refractivity contribution in [3.63, 3.8) is 0 Å². The van der Waals surface area contributed by atoms with E-state index < -0.39 is 0 Å². The molecule has 1 aromatic rings. The number of aliphatic hydroxyl groups excluding tert-OH is 1. The van der Waals surface area contributed by atoms with Crippen LogP contribution in [-0.4, -0.2) is 21.0 Å². The molecule has 0 bridgehead atoms. The van der Waals surface area contributed by atoms with Gasteiger partial charge in [0.15, 0.2) is 0 Å².